The largest absolute Gasteiger partial charge is 0.481 e. The number of aliphatic carboxylic acids is 1. The molecule has 148 valence electrons. The lowest BCUT2D eigenvalue weighted by molar-refractivity contribution is -0.147. The maximum Gasteiger partial charge on any atom is 0.310 e. The molecule has 3 heterocycles. The van der Waals surface area contributed by atoms with Gasteiger partial charge in [-0.2, -0.15) is 0 Å². The van der Waals surface area contributed by atoms with Crippen molar-refractivity contribution in [2.45, 2.75) is 33.4 Å². The number of carboxylic acids is 1. The summed E-state index contributed by atoms with van der Waals surface area (Å²) in [7, 11) is 0. The van der Waals surface area contributed by atoms with Crippen LogP contribution in [-0.4, -0.2) is 51.4 Å². The lowest BCUT2D eigenvalue weighted by Crippen LogP contribution is -2.39. The third-order valence-electron chi connectivity index (χ3n) is 5.73. The zero-order valence-electron chi connectivity index (χ0n) is 15.9. The number of carboxylic acid groups (broad SMARTS) is 1. The minimum Gasteiger partial charge on any atom is -0.481 e. The average Bonchev–Trinajstić information content (AvgIpc) is 3.31. The molecule has 0 aliphatic carbocycles. The zero-order valence-corrected chi connectivity index (χ0v) is 17.5. The van der Waals surface area contributed by atoms with Crippen molar-refractivity contribution in [1.82, 2.24) is 14.8 Å². The number of rotatable bonds is 4. The molecule has 0 bridgehead atoms. The Balaban J connectivity index is 1.41. The first-order valence-electron chi connectivity index (χ1n) is 9.24. The van der Waals surface area contributed by atoms with Crippen LogP contribution in [0.2, 0.25) is 0 Å². The van der Waals surface area contributed by atoms with E-state index in [2.05, 4.69) is 20.9 Å². The number of hydrogen-bond donors (Lipinski definition) is 1. The van der Waals surface area contributed by atoms with Gasteiger partial charge in [0.15, 0.2) is 0 Å². The molecule has 4 rings (SSSR count). The maximum atomic E-state index is 12.7. The summed E-state index contributed by atoms with van der Waals surface area (Å²) in [6.45, 7) is 5.81. The Morgan fingerprint density at radius 2 is 2.14 bits per heavy atom. The molecule has 1 aromatic heterocycles. The van der Waals surface area contributed by atoms with Gasteiger partial charge in [-0.3, -0.25) is 14.5 Å². The zero-order chi connectivity index (χ0) is 20.1. The second kappa shape index (κ2) is 7.00. The topological polar surface area (TPSA) is 86.9 Å². The molecule has 2 aliphatic rings. The molecule has 1 atom stereocenters. The van der Waals surface area contributed by atoms with Crippen molar-refractivity contribution in [1.29, 1.82) is 0 Å². The van der Waals surface area contributed by atoms with Crippen molar-refractivity contribution >= 4 is 27.8 Å². The van der Waals surface area contributed by atoms with E-state index in [4.69, 9.17) is 4.42 Å². The van der Waals surface area contributed by atoms with Crippen molar-refractivity contribution in [3.05, 3.63) is 39.7 Å². The molecule has 7 nitrogen and oxygen atoms in total. The van der Waals surface area contributed by atoms with Gasteiger partial charge in [-0.15, -0.1) is 0 Å². The van der Waals surface area contributed by atoms with Crippen molar-refractivity contribution in [3.63, 3.8) is 0 Å². The Morgan fingerprint density at radius 1 is 1.36 bits per heavy atom. The summed E-state index contributed by atoms with van der Waals surface area (Å²) < 4.78 is 6.94. The van der Waals surface area contributed by atoms with Crippen molar-refractivity contribution in [3.8, 4) is 11.5 Å². The van der Waals surface area contributed by atoms with Crippen LogP contribution in [0.1, 0.15) is 30.4 Å². The van der Waals surface area contributed by atoms with E-state index in [1.807, 2.05) is 30.0 Å². The van der Waals surface area contributed by atoms with Crippen LogP contribution in [0.3, 0.4) is 0 Å². The molecule has 0 radical (unpaired) electrons. The van der Waals surface area contributed by atoms with Gasteiger partial charge in [0, 0.05) is 16.6 Å². The molecule has 1 saturated heterocycles. The number of carbonyl (C=O) groups excluding carboxylic acids is 1. The fourth-order valence-electron chi connectivity index (χ4n) is 3.83. The summed E-state index contributed by atoms with van der Waals surface area (Å²) in [5.41, 5.74) is 2.02. The molecule has 1 N–H and O–H groups in total. The lowest BCUT2D eigenvalue weighted by atomic mass is 9.90. The number of amides is 1. The predicted octanol–water partition coefficient (Wildman–Crippen LogP) is 3.05. The molecular formula is C20H22BrN3O4. The Labute approximate surface area is 171 Å². The number of benzene rings is 1. The highest BCUT2D eigenvalue weighted by atomic mass is 79.9. The Kier molecular flexibility index (Phi) is 4.79. The quantitative estimate of drug-likeness (QED) is 0.774. The van der Waals surface area contributed by atoms with E-state index in [0.29, 0.717) is 38.5 Å². The second-order valence-corrected chi connectivity index (χ2v) is 8.73. The normalized spacial score (nSPS) is 21.9. The number of oxazole rings is 1. The maximum absolute atomic E-state index is 12.7. The first-order valence-corrected chi connectivity index (χ1v) is 10.0. The van der Waals surface area contributed by atoms with Crippen LogP contribution < -0.4 is 0 Å². The van der Waals surface area contributed by atoms with E-state index in [-0.39, 0.29) is 12.5 Å². The monoisotopic (exact) mass is 447 g/mol. The molecule has 2 aliphatic heterocycles. The summed E-state index contributed by atoms with van der Waals surface area (Å²) in [5.74, 6) is 0.470. The van der Waals surface area contributed by atoms with E-state index < -0.39 is 11.4 Å². The molecule has 1 fully saturated rings. The number of aromatic nitrogens is 1. The molecule has 1 aromatic carbocycles. The molecule has 8 heteroatoms. The third kappa shape index (κ3) is 3.35. The second-order valence-electron chi connectivity index (χ2n) is 7.88. The summed E-state index contributed by atoms with van der Waals surface area (Å²) in [6.07, 6.45) is 0.563. The SMILES string of the molecule is Cc1c(Br)cccc1-c1nc2c(o1)CN(C(=O)CN1CC[C@](C)(C(=O)O)C1)C2. The Morgan fingerprint density at radius 3 is 2.82 bits per heavy atom. The number of halogens is 1. The van der Waals surface area contributed by atoms with Gasteiger partial charge in [0.1, 0.15) is 11.5 Å². The molecule has 0 spiro atoms. The van der Waals surface area contributed by atoms with Crippen molar-refractivity contribution in [2.24, 2.45) is 5.41 Å². The molecule has 0 saturated carbocycles. The fourth-order valence-corrected chi connectivity index (χ4v) is 4.19. The van der Waals surface area contributed by atoms with Gasteiger partial charge in [0.2, 0.25) is 11.8 Å². The van der Waals surface area contributed by atoms with Gasteiger partial charge in [-0.05, 0) is 44.5 Å². The first kappa shape index (κ1) is 19.1. The van der Waals surface area contributed by atoms with Crippen LogP contribution in [0.5, 0.6) is 0 Å². The van der Waals surface area contributed by atoms with Crippen molar-refractivity contribution < 1.29 is 19.1 Å². The van der Waals surface area contributed by atoms with Crippen LogP contribution >= 0.6 is 15.9 Å². The van der Waals surface area contributed by atoms with Crippen LogP contribution in [0.25, 0.3) is 11.5 Å². The number of hydrogen-bond acceptors (Lipinski definition) is 5. The Bertz CT molecular complexity index is 933. The summed E-state index contributed by atoms with van der Waals surface area (Å²) in [5, 5.41) is 9.34. The van der Waals surface area contributed by atoms with E-state index in [0.717, 1.165) is 27.1 Å². The van der Waals surface area contributed by atoms with Gasteiger partial charge >= 0.3 is 5.97 Å². The molecular weight excluding hydrogens is 426 g/mol. The van der Waals surface area contributed by atoms with Gasteiger partial charge in [-0.25, -0.2) is 4.98 Å². The first-order chi connectivity index (χ1) is 13.3. The highest BCUT2D eigenvalue weighted by molar-refractivity contribution is 9.10. The van der Waals surface area contributed by atoms with Gasteiger partial charge in [0.25, 0.3) is 0 Å². The van der Waals surface area contributed by atoms with E-state index in [1.165, 1.54) is 0 Å². The van der Waals surface area contributed by atoms with Crippen LogP contribution in [0, 0.1) is 12.3 Å². The van der Waals surface area contributed by atoms with Gasteiger partial charge in [-0.1, -0.05) is 22.0 Å². The Hall–Kier alpha value is -2.19. The van der Waals surface area contributed by atoms with Crippen LogP contribution in [0.4, 0.5) is 0 Å². The van der Waals surface area contributed by atoms with Gasteiger partial charge in [0.05, 0.1) is 25.0 Å². The summed E-state index contributed by atoms with van der Waals surface area (Å²) in [6, 6.07) is 5.89. The molecule has 1 amide bonds. The molecule has 0 unspecified atom stereocenters. The highest BCUT2D eigenvalue weighted by Gasteiger charge is 2.41. The minimum absolute atomic E-state index is 0.0250. The average molecular weight is 448 g/mol. The molecule has 2 aromatic rings. The number of nitrogens with zero attached hydrogens (tertiary/aromatic N) is 3. The van der Waals surface area contributed by atoms with Crippen molar-refractivity contribution in [2.75, 3.05) is 19.6 Å². The fraction of sp³-hybridized carbons (Fsp3) is 0.450. The van der Waals surface area contributed by atoms with E-state index in [9.17, 15) is 14.7 Å². The minimum atomic E-state index is -0.803. The molecule has 28 heavy (non-hydrogen) atoms. The summed E-state index contributed by atoms with van der Waals surface area (Å²) >= 11 is 3.52. The number of likely N-dealkylation sites (tertiary alicyclic amines) is 1. The van der Waals surface area contributed by atoms with E-state index in [1.54, 1.807) is 11.8 Å². The predicted molar refractivity (Wildman–Crippen MR) is 105 cm³/mol. The third-order valence-corrected chi connectivity index (χ3v) is 6.59. The van der Waals surface area contributed by atoms with Gasteiger partial charge < -0.3 is 14.4 Å². The van der Waals surface area contributed by atoms with E-state index >= 15 is 0 Å². The highest BCUT2D eigenvalue weighted by Crippen LogP contribution is 2.33. The standard InChI is InChI=1S/C20H22BrN3O4/c1-12-13(4-3-5-14(12)21)18-22-15-8-24(9-16(15)28-18)17(25)10-23-7-6-20(2,11-23)19(26)27/h3-5H,6-11H2,1-2H3,(H,26,27)/t20-/m0/s1. The van der Waals surface area contributed by atoms with Crippen LogP contribution in [0.15, 0.2) is 27.1 Å². The lowest BCUT2D eigenvalue weighted by Gasteiger charge is -2.22. The smallest absolute Gasteiger partial charge is 0.310 e. The van der Waals surface area contributed by atoms with Crippen LogP contribution in [-0.2, 0) is 22.7 Å². The summed E-state index contributed by atoms with van der Waals surface area (Å²) in [4.78, 5) is 32.3. The number of fused-ring (bicyclic) bond motifs is 1. The number of carbonyl (C=O) groups is 2.